The molecule has 1 N–H and O–H groups in total. The summed E-state index contributed by atoms with van der Waals surface area (Å²) in [6, 6.07) is 6.22. The van der Waals surface area contributed by atoms with Gasteiger partial charge in [-0.2, -0.15) is 0 Å². The van der Waals surface area contributed by atoms with Crippen molar-refractivity contribution in [3.8, 4) is 0 Å². The highest BCUT2D eigenvalue weighted by molar-refractivity contribution is 5.84. The second kappa shape index (κ2) is 6.12. The van der Waals surface area contributed by atoms with Crippen LogP contribution in [0.25, 0.3) is 0 Å². The number of amides is 1. The minimum atomic E-state index is -0.413. The summed E-state index contributed by atoms with van der Waals surface area (Å²) in [7, 11) is 0. The second-order valence-electron chi connectivity index (χ2n) is 4.54. The van der Waals surface area contributed by atoms with E-state index in [2.05, 4.69) is 5.32 Å². The van der Waals surface area contributed by atoms with E-state index in [1.807, 2.05) is 6.92 Å². The van der Waals surface area contributed by atoms with E-state index in [-0.39, 0.29) is 17.8 Å². The van der Waals surface area contributed by atoms with Crippen LogP contribution in [0, 0.1) is 5.82 Å². The first kappa shape index (κ1) is 14.0. The Labute approximate surface area is 112 Å². The maximum absolute atomic E-state index is 13.8. The number of carbonyl (C=O) groups excluding carboxylic acids is 1. The van der Waals surface area contributed by atoms with Gasteiger partial charge in [-0.25, -0.2) is 4.39 Å². The maximum atomic E-state index is 13.8. The van der Waals surface area contributed by atoms with Crippen LogP contribution in [-0.4, -0.2) is 36.6 Å². The van der Waals surface area contributed by atoms with Gasteiger partial charge in [0.05, 0.1) is 12.6 Å². The molecule has 1 fully saturated rings. The fourth-order valence-corrected chi connectivity index (χ4v) is 2.28. The van der Waals surface area contributed by atoms with Crippen LogP contribution in [0.4, 0.5) is 4.39 Å². The normalized spacial score (nSPS) is 23.1. The Kier molecular flexibility index (Phi) is 4.50. The molecule has 1 aliphatic rings. The fourth-order valence-electron chi connectivity index (χ4n) is 2.28. The highest BCUT2D eigenvalue weighted by Gasteiger charge is 2.37. The van der Waals surface area contributed by atoms with Gasteiger partial charge in [0, 0.05) is 18.7 Å². The Balaban J connectivity index is 2.17. The van der Waals surface area contributed by atoms with Crippen molar-refractivity contribution in [3.63, 3.8) is 0 Å². The van der Waals surface area contributed by atoms with Gasteiger partial charge in [-0.15, -0.1) is 0 Å². The van der Waals surface area contributed by atoms with Crippen molar-refractivity contribution in [2.75, 3.05) is 19.8 Å². The molecule has 0 aliphatic carbocycles. The highest BCUT2D eigenvalue weighted by atomic mass is 19.1. The summed E-state index contributed by atoms with van der Waals surface area (Å²) < 4.78 is 19.1. The van der Waals surface area contributed by atoms with Crippen LogP contribution in [0.1, 0.15) is 25.6 Å². The van der Waals surface area contributed by atoms with Crippen LogP contribution in [-0.2, 0) is 9.53 Å². The third kappa shape index (κ3) is 2.93. The predicted octanol–water partition coefficient (Wildman–Crippen LogP) is 1.68. The van der Waals surface area contributed by atoms with Crippen LogP contribution in [0.3, 0.4) is 0 Å². The molecular weight excluding hydrogens is 247 g/mol. The molecule has 1 amide bonds. The average molecular weight is 266 g/mol. The monoisotopic (exact) mass is 266 g/mol. The molecular formula is C14H19FN2O2. The van der Waals surface area contributed by atoms with E-state index in [1.165, 1.54) is 6.07 Å². The average Bonchev–Trinajstić information content (AvgIpc) is 2.68. The van der Waals surface area contributed by atoms with E-state index in [4.69, 9.17) is 4.74 Å². The molecule has 1 aromatic rings. The quantitative estimate of drug-likeness (QED) is 0.824. The van der Waals surface area contributed by atoms with Crippen LogP contribution < -0.4 is 5.32 Å². The van der Waals surface area contributed by atoms with Crippen LogP contribution >= 0.6 is 0 Å². The number of halogens is 1. The zero-order chi connectivity index (χ0) is 13.8. The lowest BCUT2D eigenvalue weighted by Gasteiger charge is -2.24. The SMILES string of the molecule is CCOCCN1C(=O)C(C)NC1c1ccccc1F. The van der Waals surface area contributed by atoms with Crippen molar-refractivity contribution in [1.82, 2.24) is 10.2 Å². The smallest absolute Gasteiger partial charge is 0.241 e. The van der Waals surface area contributed by atoms with E-state index < -0.39 is 6.17 Å². The summed E-state index contributed by atoms with van der Waals surface area (Å²) in [4.78, 5) is 13.7. The van der Waals surface area contributed by atoms with Gasteiger partial charge in [0.25, 0.3) is 0 Å². The summed E-state index contributed by atoms with van der Waals surface area (Å²) in [5.74, 6) is -0.323. The minimum Gasteiger partial charge on any atom is -0.380 e. The summed E-state index contributed by atoms with van der Waals surface area (Å²) in [5, 5.41) is 3.12. The summed E-state index contributed by atoms with van der Waals surface area (Å²) in [6.45, 7) is 5.22. The van der Waals surface area contributed by atoms with Gasteiger partial charge >= 0.3 is 0 Å². The van der Waals surface area contributed by atoms with Gasteiger partial charge in [0.1, 0.15) is 12.0 Å². The molecule has 104 valence electrons. The second-order valence-corrected chi connectivity index (χ2v) is 4.54. The van der Waals surface area contributed by atoms with Crippen molar-refractivity contribution < 1.29 is 13.9 Å². The molecule has 1 aliphatic heterocycles. The number of ether oxygens (including phenoxy) is 1. The molecule has 2 atom stereocenters. The van der Waals surface area contributed by atoms with Gasteiger partial charge < -0.3 is 9.64 Å². The Morgan fingerprint density at radius 2 is 2.16 bits per heavy atom. The van der Waals surface area contributed by atoms with Crippen LogP contribution in [0.2, 0.25) is 0 Å². The topological polar surface area (TPSA) is 41.6 Å². The maximum Gasteiger partial charge on any atom is 0.241 e. The molecule has 5 heteroatoms. The number of nitrogens with one attached hydrogen (secondary N) is 1. The van der Waals surface area contributed by atoms with Crippen molar-refractivity contribution in [2.45, 2.75) is 26.1 Å². The van der Waals surface area contributed by atoms with Gasteiger partial charge in [-0.3, -0.25) is 10.1 Å². The molecule has 1 aromatic carbocycles. The lowest BCUT2D eigenvalue weighted by molar-refractivity contribution is -0.130. The van der Waals surface area contributed by atoms with E-state index in [0.29, 0.717) is 25.3 Å². The molecule has 19 heavy (non-hydrogen) atoms. The van der Waals surface area contributed by atoms with Gasteiger partial charge in [-0.1, -0.05) is 18.2 Å². The molecule has 0 bridgehead atoms. The molecule has 1 heterocycles. The molecule has 2 unspecified atom stereocenters. The molecule has 0 saturated carbocycles. The standard InChI is InChI=1S/C14H19FN2O2/c1-3-19-9-8-17-13(16-10(2)14(17)18)11-6-4-5-7-12(11)15/h4-7,10,13,16H,3,8-9H2,1-2H3. The van der Waals surface area contributed by atoms with Crippen molar-refractivity contribution >= 4 is 5.91 Å². The third-order valence-corrected chi connectivity index (χ3v) is 3.25. The molecule has 0 aromatic heterocycles. The largest absolute Gasteiger partial charge is 0.380 e. The van der Waals surface area contributed by atoms with Gasteiger partial charge in [0.15, 0.2) is 0 Å². The van der Waals surface area contributed by atoms with Crippen LogP contribution in [0.15, 0.2) is 24.3 Å². The number of nitrogens with zero attached hydrogens (tertiary/aromatic N) is 1. The zero-order valence-electron chi connectivity index (χ0n) is 11.2. The van der Waals surface area contributed by atoms with E-state index in [0.717, 1.165) is 0 Å². The van der Waals surface area contributed by atoms with Crippen molar-refractivity contribution in [2.24, 2.45) is 0 Å². The van der Waals surface area contributed by atoms with E-state index in [1.54, 1.807) is 30.0 Å². The van der Waals surface area contributed by atoms with Crippen LogP contribution in [0.5, 0.6) is 0 Å². The van der Waals surface area contributed by atoms with Crippen molar-refractivity contribution in [1.29, 1.82) is 0 Å². The van der Waals surface area contributed by atoms with E-state index in [9.17, 15) is 9.18 Å². The number of carbonyl (C=O) groups is 1. The Bertz CT molecular complexity index is 453. The zero-order valence-corrected chi connectivity index (χ0v) is 11.2. The number of benzene rings is 1. The Hall–Kier alpha value is -1.46. The summed E-state index contributed by atoms with van der Waals surface area (Å²) >= 11 is 0. The summed E-state index contributed by atoms with van der Waals surface area (Å²) in [5.41, 5.74) is 0.497. The molecule has 0 spiro atoms. The lowest BCUT2D eigenvalue weighted by Crippen LogP contribution is -2.34. The minimum absolute atomic E-state index is 0.0204. The van der Waals surface area contributed by atoms with Crippen molar-refractivity contribution in [3.05, 3.63) is 35.6 Å². The number of hydrogen-bond donors (Lipinski definition) is 1. The Morgan fingerprint density at radius 1 is 1.42 bits per heavy atom. The molecule has 4 nitrogen and oxygen atoms in total. The van der Waals surface area contributed by atoms with Gasteiger partial charge in [0.2, 0.25) is 5.91 Å². The van der Waals surface area contributed by atoms with E-state index >= 15 is 0 Å². The first-order chi connectivity index (χ1) is 9.15. The molecule has 1 saturated heterocycles. The Morgan fingerprint density at radius 3 is 2.84 bits per heavy atom. The summed E-state index contributed by atoms with van der Waals surface area (Å²) in [6.07, 6.45) is -0.413. The highest BCUT2D eigenvalue weighted by Crippen LogP contribution is 2.26. The predicted molar refractivity (Wildman–Crippen MR) is 69.9 cm³/mol. The fraction of sp³-hybridized carbons (Fsp3) is 0.500. The first-order valence-corrected chi connectivity index (χ1v) is 6.53. The first-order valence-electron chi connectivity index (χ1n) is 6.53. The van der Waals surface area contributed by atoms with Gasteiger partial charge in [-0.05, 0) is 19.9 Å². The number of hydrogen-bond acceptors (Lipinski definition) is 3. The third-order valence-electron chi connectivity index (χ3n) is 3.25. The molecule has 0 radical (unpaired) electrons. The lowest BCUT2D eigenvalue weighted by atomic mass is 10.1. The number of rotatable bonds is 5. The molecule has 2 rings (SSSR count).